The third-order valence-electron chi connectivity index (χ3n) is 4.13. The van der Waals surface area contributed by atoms with Crippen LogP contribution in [0, 0.1) is 6.92 Å². The van der Waals surface area contributed by atoms with E-state index in [1.807, 2.05) is 0 Å². The normalized spacial score (nSPS) is 17.2. The van der Waals surface area contributed by atoms with Gasteiger partial charge in [0.15, 0.2) is 0 Å². The minimum atomic E-state index is 1.04. The molecule has 3 rings (SSSR count). The van der Waals surface area contributed by atoms with Crippen LogP contribution in [0.25, 0.3) is 10.9 Å². The van der Waals surface area contributed by atoms with Gasteiger partial charge in [0, 0.05) is 56.4 Å². The second kappa shape index (κ2) is 5.35. The van der Waals surface area contributed by atoms with E-state index < -0.39 is 0 Å². The topological polar surface area (TPSA) is 20.2 Å². The monoisotopic (exact) mass is 257 g/mol. The van der Waals surface area contributed by atoms with Crippen LogP contribution in [0.15, 0.2) is 24.4 Å². The van der Waals surface area contributed by atoms with Gasteiger partial charge in [-0.25, -0.2) is 0 Å². The van der Waals surface area contributed by atoms with Crippen LogP contribution in [0.2, 0.25) is 0 Å². The van der Waals surface area contributed by atoms with Gasteiger partial charge in [-0.1, -0.05) is 12.1 Å². The largest absolute Gasteiger partial charge is 0.347 e. The molecule has 0 aliphatic carbocycles. The third-order valence-corrected chi connectivity index (χ3v) is 4.13. The molecule has 0 unspecified atom stereocenters. The Balaban J connectivity index is 1.96. The first-order valence-corrected chi connectivity index (χ1v) is 7.30. The molecule has 0 amide bonds. The van der Waals surface area contributed by atoms with Crippen molar-refractivity contribution < 1.29 is 0 Å². The fourth-order valence-corrected chi connectivity index (χ4v) is 3.15. The Bertz CT molecular complexity index is 565. The van der Waals surface area contributed by atoms with Crippen LogP contribution in [0.5, 0.6) is 0 Å². The SMILES string of the molecule is CCn1cc(C)c2c(CN3CCNCC3)cccc21. The number of aromatic nitrogens is 1. The first kappa shape index (κ1) is 12.7. The summed E-state index contributed by atoms with van der Waals surface area (Å²) in [6, 6.07) is 6.73. The van der Waals surface area contributed by atoms with Crippen LogP contribution in [0.3, 0.4) is 0 Å². The fraction of sp³-hybridized carbons (Fsp3) is 0.500. The molecule has 1 saturated heterocycles. The van der Waals surface area contributed by atoms with Gasteiger partial charge in [0.1, 0.15) is 0 Å². The first-order chi connectivity index (χ1) is 9.29. The van der Waals surface area contributed by atoms with E-state index in [4.69, 9.17) is 0 Å². The van der Waals surface area contributed by atoms with Crippen molar-refractivity contribution in [3.05, 3.63) is 35.5 Å². The van der Waals surface area contributed by atoms with E-state index in [-0.39, 0.29) is 0 Å². The van der Waals surface area contributed by atoms with E-state index in [1.54, 1.807) is 0 Å². The summed E-state index contributed by atoms with van der Waals surface area (Å²) in [4.78, 5) is 2.55. The smallest absolute Gasteiger partial charge is 0.0486 e. The van der Waals surface area contributed by atoms with Gasteiger partial charge < -0.3 is 9.88 Å². The van der Waals surface area contributed by atoms with Crippen LogP contribution < -0.4 is 5.32 Å². The lowest BCUT2D eigenvalue weighted by Crippen LogP contribution is -2.42. The van der Waals surface area contributed by atoms with Crippen molar-refractivity contribution >= 4 is 10.9 Å². The minimum Gasteiger partial charge on any atom is -0.347 e. The van der Waals surface area contributed by atoms with Crippen molar-refractivity contribution in [1.82, 2.24) is 14.8 Å². The summed E-state index contributed by atoms with van der Waals surface area (Å²) < 4.78 is 2.35. The molecular weight excluding hydrogens is 234 g/mol. The van der Waals surface area contributed by atoms with Gasteiger partial charge in [0.2, 0.25) is 0 Å². The van der Waals surface area contributed by atoms with E-state index in [0.717, 1.165) is 39.3 Å². The van der Waals surface area contributed by atoms with Gasteiger partial charge in [-0.2, -0.15) is 0 Å². The maximum absolute atomic E-state index is 3.42. The lowest BCUT2D eigenvalue weighted by molar-refractivity contribution is 0.234. The molecule has 0 saturated carbocycles. The minimum absolute atomic E-state index is 1.04. The van der Waals surface area contributed by atoms with E-state index in [9.17, 15) is 0 Å². The van der Waals surface area contributed by atoms with Gasteiger partial charge in [-0.15, -0.1) is 0 Å². The standard InChI is InChI=1S/C16H23N3/c1-3-19-11-13(2)16-14(5-4-6-15(16)19)12-18-9-7-17-8-10-18/h4-6,11,17H,3,7-10,12H2,1-2H3. The number of aryl methyl sites for hydroxylation is 2. The van der Waals surface area contributed by atoms with Crippen LogP contribution in [-0.2, 0) is 13.1 Å². The maximum atomic E-state index is 3.42. The lowest BCUT2D eigenvalue weighted by Gasteiger charge is -2.27. The molecule has 102 valence electrons. The quantitative estimate of drug-likeness (QED) is 0.911. The van der Waals surface area contributed by atoms with Crippen LogP contribution >= 0.6 is 0 Å². The molecule has 1 N–H and O–H groups in total. The van der Waals surface area contributed by atoms with Crippen LogP contribution in [0.1, 0.15) is 18.1 Å². The van der Waals surface area contributed by atoms with E-state index in [1.165, 1.54) is 22.0 Å². The molecule has 0 atom stereocenters. The molecule has 1 aliphatic heterocycles. The number of hydrogen-bond donors (Lipinski definition) is 1. The van der Waals surface area contributed by atoms with Crippen LogP contribution in [0.4, 0.5) is 0 Å². The number of benzene rings is 1. The number of nitrogens with one attached hydrogen (secondary N) is 1. The summed E-state index contributed by atoms with van der Waals surface area (Å²) in [5.74, 6) is 0. The highest BCUT2D eigenvalue weighted by Gasteiger charge is 2.14. The summed E-state index contributed by atoms with van der Waals surface area (Å²) in [5, 5.41) is 4.88. The van der Waals surface area contributed by atoms with Crippen molar-refractivity contribution in [2.75, 3.05) is 26.2 Å². The molecule has 1 aromatic heterocycles. The Labute approximate surface area is 115 Å². The molecule has 1 fully saturated rings. The average Bonchev–Trinajstić information content (AvgIpc) is 2.78. The zero-order valence-corrected chi connectivity index (χ0v) is 11.9. The summed E-state index contributed by atoms with van der Waals surface area (Å²) >= 11 is 0. The summed E-state index contributed by atoms with van der Waals surface area (Å²) in [7, 11) is 0. The zero-order valence-electron chi connectivity index (χ0n) is 11.9. The molecule has 1 aliphatic rings. The Morgan fingerprint density at radius 1 is 1.21 bits per heavy atom. The highest BCUT2D eigenvalue weighted by Crippen LogP contribution is 2.25. The zero-order chi connectivity index (χ0) is 13.2. The second-order valence-electron chi connectivity index (χ2n) is 5.44. The summed E-state index contributed by atoms with van der Waals surface area (Å²) in [6.45, 7) is 11.1. The van der Waals surface area contributed by atoms with Gasteiger partial charge in [0.25, 0.3) is 0 Å². The molecule has 19 heavy (non-hydrogen) atoms. The maximum Gasteiger partial charge on any atom is 0.0486 e. The van der Waals surface area contributed by atoms with Crippen molar-refractivity contribution in [3.63, 3.8) is 0 Å². The first-order valence-electron chi connectivity index (χ1n) is 7.30. The molecule has 0 radical (unpaired) electrons. The molecule has 3 nitrogen and oxygen atoms in total. The molecule has 1 aromatic carbocycles. The number of rotatable bonds is 3. The van der Waals surface area contributed by atoms with E-state index in [0.29, 0.717) is 0 Å². The lowest BCUT2D eigenvalue weighted by atomic mass is 10.1. The molecule has 0 bridgehead atoms. The van der Waals surface area contributed by atoms with Crippen molar-refractivity contribution in [2.24, 2.45) is 0 Å². The highest BCUT2D eigenvalue weighted by molar-refractivity contribution is 5.87. The van der Waals surface area contributed by atoms with Crippen molar-refractivity contribution in [1.29, 1.82) is 0 Å². The molecular formula is C16H23N3. The highest BCUT2D eigenvalue weighted by atomic mass is 15.2. The number of nitrogens with zero attached hydrogens (tertiary/aromatic N) is 2. The number of fused-ring (bicyclic) bond motifs is 1. The second-order valence-corrected chi connectivity index (χ2v) is 5.44. The van der Waals surface area contributed by atoms with E-state index >= 15 is 0 Å². The number of piperazine rings is 1. The van der Waals surface area contributed by atoms with Gasteiger partial charge in [-0.05, 0) is 31.0 Å². The Hall–Kier alpha value is -1.32. The molecule has 2 heterocycles. The molecule has 3 heteroatoms. The predicted octanol–water partition coefficient (Wildman–Crippen LogP) is 2.37. The summed E-state index contributed by atoms with van der Waals surface area (Å²) in [6.07, 6.45) is 2.28. The Morgan fingerprint density at radius 3 is 2.74 bits per heavy atom. The number of hydrogen-bond acceptors (Lipinski definition) is 2. The van der Waals surface area contributed by atoms with Gasteiger partial charge in [-0.3, -0.25) is 4.90 Å². The fourth-order valence-electron chi connectivity index (χ4n) is 3.15. The molecule has 2 aromatic rings. The third kappa shape index (κ3) is 2.40. The van der Waals surface area contributed by atoms with Crippen LogP contribution in [-0.4, -0.2) is 35.6 Å². The molecule has 0 spiro atoms. The van der Waals surface area contributed by atoms with Gasteiger partial charge in [0.05, 0.1) is 0 Å². The van der Waals surface area contributed by atoms with Gasteiger partial charge >= 0.3 is 0 Å². The van der Waals surface area contributed by atoms with E-state index in [2.05, 4.69) is 53.0 Å². The Kier molecular flexibility index (Phi) is 3.58. The Morgan fingerprint density at radius 2 is 2.00 bits per heavy atom. The summed E-state index contributed by atoms with van der Waals surface area (Å²) in [5.41, 5.74) is 4.26. The average molecular weight is 257 g/mol. The van der Waals surface area contributed by atoms with Crippen molar-refractivity contribution in [3.8, 4) is 0 Å². The predicted molar refractivity (Wildman–Crippen MR) is 80.5 cm³/mol. The van der Waals surface area contributed by atoms with Crippen molar-refractivity contribution in [2.45, 2.75) is 26.9 Å².